The van der Waals surface area contributed by atoms with Gasteiger partial charge < -0.3 is 28.6 Å². The van der Waals surface area contributed by atoms with Crippen LogP contribution in [0.15, 0.2) is 270 Å². The molecule has 0 radical (unpaired) electrons. The molecule has 0 aliphatic carbocycles. The third kappa shape index (κ3) is 20.9. The van der Waals surface area contributed by atoms with E-state index in [1.54, 1.807) is 4.90 Å². The van der Waals surface area contributed by atoms with E-state index in [1.165, 1.54) is 27.4 Å². The summed E-state index contributed by atoms with van der Waals surface area (Å²) in [6.45, 7) is 18.2. The molecule has 0 saturated carbocycles. The molecule has 0 N–H and O–H groups in total. The fourth-order valence-electron chi connectivity index (χ4n) is 8.44. The normalized spacial score (nSPS) is 11.1. The molecule has 0 atom stereocenters. The summed E-state index contributed by atoms with van der Waals surface area (Å²) in [6.07, 6.45) is 1.13. The Bertz CT molecular complexity index is 3490. The van der Waals surface area contributed by atoms with E-state index in [0.717, 1.165) is 60.8 Å². The van der Waals surface area contributed by atoms with E-state index < -0.39 is 21.6 Å². The average Bonchev–Trinajstić information content (AvgIpc) is 3.72. The van der Waals surface area contributed by atoms with Gasteiger partial charge in [0.2, 0.25) is 0 Å². The van der Waals surface area contributed by atoms with Gasteiger partial charge >= 0.3 is 32.7 Å². The SMILES string of the molecule is C=CC(=O)OCCOc1ccccc1.CCN(CC)c1ccc2c(c1)Oc1cc(N(CC)CC)ccc1N2C(=O)c1ccccc1.Cc1ccc([S+](c2ccccc2)c2ccccc2)cc1.O=S(=O)([O-])C(F)(F)F.c1ccc([I+]c2ccccc2)cc1. The van der Waals surface area contributed by atoms with Crippen LogP contribution in [-0.2, 0) is 30.5 Å². The zero-order valence-corrected chi connectivity index (χ0v) is 52.8. The zero-order chi connectivity index (χ0) is 62.6. The van der Waals surface area contributed by atoms with Crippen LogP contribution in [0.5, 0.6) is 17.2 Å². The molecular weight excluding hydrogens is 1260 g/mol. The Morgan fingerprint density at radius 1 is 0.575 bits per heavy atom. The summed E-state index contributed by atoms with van der Waals surface area (Å²) >= 11 is 0.0287. The minimum absolute atomic E-state index is 0.0229. The average molecular weight is 1330 g/mol. The molecule has 0 aromatic heterocycles. The minimum atomic E-state index is -6.09. The number of benzene rings is 9. The summed E-state index contributed by atoms with van der Waals surface area (Å²) in [4.78, 5) is 34.7. The highest BCUT2D eigenvalue weighted by atomic mass is 127. The predicted octanol–water partition coefficient (Wildman–Crippen LogP) is 13.2. The number of carbonyl (C=O) groups excluding carboxylic acids is 2. The molecule has 452 valence electrons. The maximum Gasteiger partial charge on any atom is 0.485 e. The number of ether oxygens (including phenoxy) is 3. The van der Waals surface area contributed by atoms with Gasteiger partial charge in [0.25, 0.3) is 5.91 Å². The molecule has 1 amide bonds. The molecule has 0 fully saturated rings. The second-order valence-corrected chi connectivity index (χ2v) is 25.0. The van der Waals surface area contributed by atoms with Gasteiger partial charge in [-0.05, 0) is 144 Å². The van der Waals surface area contributed by atoms with Gasteiger partial charge in [0.15, 0.2) is 43.4 Å². The zero-order valence-electron chi connectivity index (χ0n) is 49.1. The van der Waals surface area contributed by atoms with E-state index in [9.17, 15) is 22.8 Å². The molecule has 0 saturated heterocycles. The maximum atomic E-state index is 13.6. The van der Waals surface area contributed by atoms with E-state index in [2.05, 4.69) is 209 Å². The van der Waals surface area contributed by atoms with Crippen molar-refractivity contribution in [3.05, 3.63) is 274 Å². The maximum absolute atomic E-state index is 13.6. The van der Waals surface area contributed by atoms with Crippen LogP contribution in [0.25, 0.3) is 0 Å². The number of anilines is 4. The van der Waals surface area contributed by atoms with E-state index >= 15 is 0 Å². The van der Waals surface area contributed by atoms with Crippen molar-refractivity contribution in [1.29, 1.82) is 0 Å². The molecule has 10 rings (SSSR count). The monoisotopic (exact) mass is 1330 g/mol. The number of hydrogen-bond donors (Lipinski definition) is 0. The lowest BCUT2D eigenvalue weighted by atomic mass is 10.1. The van der Waals surface area contributed by atoms with Crippen LogP contribution in [0.3, 0.4) is 0 Å². The van der Waals surface area contributed by atoms with E-state index in [0.29, 0.717) is 23.7 Å². The van der Waals surface area contributed by atoms with Crippen molar-refractivity contribution >= 4 is 55.6 Å². The molecule has 9 aromatic rings. The summed E-state index contributed by atoms with van der Waals surface area (Å²) in [5.41, 5.74) is 0.00183. The first kappa shape index (κ1) is 67.8. The van der Waals surface area contributed by atoms with Crippen LogP contribution in [0, 0.1) is 14.1 Å². The van der Waals surface area contributed by atoms with Crippen LogP contribution < -0.4 is 45.4 Å². The van der Waals surface area contributed by atoms with Crippen LogP contribution in [0.2, 0.25) is 0 Å². The fraction of sp³-hybridized carbons (Fsp3) is 0.171. The molecule has 0 spiro atoms. The number of nitrogens with zero attached hydrogens (tertiary/aromatic N) is 3. The Morgan fingerprint density at radius 3 is 1.34 bits per heavy atom. The number of rotatable bonds is 17. The van der Waals surface area contributed by atoms with Crippen LogP contribution in [-0.4, -0.2) is 69.7 Å². The fourth-order valence-corrected chi connectivity index (χ4v) is 12.8. The number of aryl methyl sites for hydroxylation is 1. The van der Waals surface area contributed by atoms with Crippen molar-refractivity contribution in [2.45, 2.75) is 54.8 Å². The lowest BCUT2D eigenvalue weighted by Crippen LogP contribution is -3.61. The van der Waals surface area contributed by atoms with Gasteiger partial charge in [-0.1, -0.05) is 133 Å². The van der Waals surface area contributed by atoms with E-state index in [1.807, 2.05) is 84.9 Å². The van der Waals surface area contributed by atoms with E-state index in [-0.39, 0.29) is 44.6 Å². The first-order valence-corrected chi connectivity index (χ1v) is 32.8. The summed E-state index contributed by atoms with van der Waals surface area (Å²) in [6, 6.07) is 82.7. The molecule has 1 heterocycles. The highest BCUT2D eigenvalue weighted by molar-refractivity contribution is 7.97. The van der Waals surface area contributed by atoms with Crippen LogP contribution >= 0.6 is 0 Å². The van der Waals surface area contributed by atoms with Gasteiger partial charge in [-0.25, -0.2) is 13.2 Å². The Hall–Kier alpha value is -8.36. The van der Waals surface area contributed by atoms with Crippen LogP contribution in [0.4, 0.5) is 35.9 Å². The Balaban J connectivity index is 0.000000189. The molecule has 87 heavy (non-hydrogen) atoms. The Labute approximate surface area is 523 Å². The predicted molar refractivity (Wildman–Crippen MR) is 338 cm³/mol. The number of amides is 1. The summed E-state index contributed by atoms with van der Waals surface area (Å²) in [5.74, 6) is 1.66. The van der Waals surface area contributed by atoms with Crippen molar-refractivity contribution in [2.24, 2.45) is 0 Å². The Kier molecular flexibility index (Phi) is 27.0. The first-order valence-electron chi connectivity index (χ1n) is 28.0. The third-order valence-electron chi connectivity index (χ3n) is 12.8. The standard InChI is InChI=1S/C27H31N3O2.C19H17S.C12H10I.C11H12O3.CHF3O3S/c1-5-28(6-2)21-14-16-23-25(18-21)32-26-19-22(29(7-3)8-4)15-17-24(26)30(23)27(31)20-12-10-9-11-13-20;1-16-12-14-19(15-13-16)20(17-8-4-2-5-9-17)18-10-6-3-7-11-18;1-3-7-11(8-4-1)13-12-9-5-2-6-10-12;1-2-11(12)14-9-8-13-10-6-4-3-5-7-10;2-1(3,4)8(5,6)7/h9-19H,5-8H2,1-4H3;2-15H,1H3;1-10H;2-7H,1,8-9H2;(H,5,6,7)/q;2*+1;;/p-1. The smallest absolute Gasteiger partial charge is 0.485 e. The lowest BCUT2D eigenvalue weighted by Gasteiger charge is -2.33. The van der Waals surface area contributed by atoms with Crippen LogP contribution in [0.1, 0.15) is 43.6 Å². The third-order valence-corrected chi connectivity index (χ3v) is 18.2. The molecule has 0 unspecified atom stereocenters. The second-order valence-electron chi connectivity index (χ2n) is 18.6. The number of carbonyl (C=O) groups is 2. The number of halogens is 4. The van der Waals surface area contributed by atoms with Crippen molar-refractivity contribution in [2.75, 3.05) is 54.1 Å². The minimum Gasteiger partial charge on any atom is -0.741 e. The second kappa shape index (κ2) is 34.7. The van der Waals surface area contributed by atoms with Crippen molar-refractivity contribution in [3.63, 3.8) is 0 Å². The molecule has 11 nitrogen and oxygen atoms in total. The summed E-state index contributed by atoms with van der Waals surface area (Å²) in [7, 11) is -6.11. The Morgan fingerprint density at radius 2 is 0.954 bits per heavy atom. The molecular formula is C70H70F3IN3O8S2+. The number of esters is 1. The number of fused-ring (bicyclic) bond motifs is 2. The molecule has 17 heteroatoms. The first-order chi connectivity index (χ1) is 42.0. The highest BCUT2D eigenvalue weighted by Gasteiger charge is 2.37. The summed E-state index contributed by atoms with van der Waals surface area (Å²) < 4.78 is 78.3. The van der Waals surface area contributed by atoms with Gasteiger partial charge in [-0.3, -0.25) is 9.69 Å². The molecule has 9 aromatic carbocycles. The van der Waals surface area contributed by atoms with E-state index in [4.69, 9.17) is 27.2 Å². The van der Waals surface area contributed by atoms with Gasteiger partial charge in [0.1, 0.15) is 19.0 Å². The van der Waals surface area contributed by atoms with Gasteiger partial charge in [-0.15, -0.1) is 0 Å². The van der Waals surface area contributed by atoms with Gasteiger partial charge in [0.05, 0.1) is 22.3 Å². The molecule has 1 aliphatic heterocycles. The largest absolute Gasteiger partial charge is 0.741 e. The van der Waals surface area contributed by atoms with Crippen molar-refractivity contribution in [1.82, 2.24) is 0 Å². The number of hydrogen-bond acceptors (Lipinski definition) is 10. The topological polar surface area (TPSA) is 129 Å². The quantitative estimate of drug-likeness (QED) is 0.0165. The molecule has 0 bridgehead atoms. The number of alkyl halides is 3. The molecule has 1 aliphatic rings. The number of para-hydroxylation sites is 1. The lowest BCUT2D eigenvalue weighted by molar-refractivity contribution is -0.597. The van der Waals surface area contributed by atoms with Crippen molar-refractivity contribution in [3.8, 4) is 17.2 Å². The van der Waals surface area contributed by atoms with Gasteiger partial charge in [-0.2, -0.15) is 13.2 Å². The summed E-state index contributed by atoms with van der Waals surface area (Å²) in [5, 5.41) is 0. The van der Waals surface area contributed by atoms with Gasteiger partial charge in [0, 0.05) is 61.3 Å². The highest BCUT2D eigenvalue weighted by Crippen LogP contribution is 2.49. The van der Waals surface area contributed by atoms with Crippen molar-refractivity contribution < 1.29 is 71.1 Å².